The van der Waals surface area contributed by atoms with Gasteiger partial charge < -0.3 is 10.8 Å². The highest BCUT2D eigenvalue weighted by molar-refractivity contribution is 5.85. The molecule has 0 spiro atoms. The molecule has 0 radical (unpaired) electrons. The summed E-state index contributed by atoms with van der Waals surface area (Å²) in [4.78, 5) is 10.4. The number of halogens is 4. The van der Waals surface area contributed by atoms with Crippen LogP contribution in [0.15, 0.2) is 24.3 Å². The van der Waals surface area contributed by atoms with Gasteiger partial charge in [-0.25, -0.2) is 0 Å². The zero-order chi connectivity index (χ0) is 12.3. The van der Waals surface area contributed by atoms with Crippen molar-refractivity contribution in [2.45, 2.75) is 18.6 Å². The van der Waals surface area contributed by atoms with Crippen LogP contribution in [0.2, 0.25) is 0 Å². The fourth-order valence-electron chi connectivity index (χ4n) is 1.25. The van der Waals surface area contributed by atoms with Gasteiger partial charge in [-0.1, -0.05) is 12.1 Å². The van der Waals surface area contributed by atoms with E-state index in [0.717, 1.165) is 12.1 Å². The summed E-state index contributed by atoms with van der Waals surface area (Å²) in [5, 5.41) is 8.47. The predicted molar refractivity (Wildman–Crippen MR) is 57.9 cm³/mol. The molecular weight excluding hydrogens is 259 g/mol. The van der Waals surface area contributed by atoms with Crippen molar-refractivity contribution >= 4 is 18.4 Å². The molecule has 0 fully saturated rings. The SMILES string of the molecule is Cl.N[C@H](CC(=O)O)c1cccc(C(F)(F)F)c1. The summed E-state index contributed by atoms with van der Waals surface area (Å²) < 4.78 is 37.0. The van der Waals surface area contributed by atoms with E-state index in [0.29, 0.717) is 0 Å². The second kappa shape index (κ2) is 5.88. The van der Waals surface area contributed by atoms with Crippen molar-refractivity contribution in [3.63, 3.8) is 0 Å². The number of benzene rings is 1. The zero-order valence-electron chi connectivity index (χ0n) is 8.57. The highest BCUT2D eigenvalue weighted by Crippen LogP contribution is 2.30. The molecule has 1 aromatic carbocycles. The van der Waals surface area contributed by atoms with Gasteiger partial charge in [0.1, 0.15) is 0 Å². The third-order valence-corrected chi connectivity index (χ3v) is 2.04. The molecular formula is C10H11ClF3NO2. The van der Waals surface area contributed by atoms with E-state index in [9.17, 15) is 18.0 Å². The minimum absolute atomic E-state index is 0. The first-order chi connectivity index (χ1) is 7.30. The maximum absolute atomic E-state index is 12.3. The summed E-state index contributed by atoms with van der Waals surface area (Å²) in [5.41, 5.74) is 4.80. The summed E-state index contributed by atoms with van der Waals surface area (Å²) in [6.45, 7) is 0. The van der Waals surface area contributed by atoms with E-state index in [1.165, 1.54) is 12.1 Å². The number of rotatable bonds is 3. The summed E-state index contributed by atoms with van der Waals surface area (Å²) in [6.07, 6.45) is -4.85. The molecule has 1 rings (SSSR count). The minimum atomic E-state index is -4.45. The molecule has 0 aliphatic rings. The lowest BCUT2D eigenvalue weighted by Gasteiger charge is -2.12. The van der Waals surface area contributed by atoms with Gasteiger partial charge in [0.05, 0.1) is 12.0 Å². The quantitative estimate of drug-likeness (QED) is 0.886. The van der Waals surface area contributed by atoms with Crippen LogP contribution in [0.1, 0.15) is 23.6 Å². The molecule has 0 saturated heterocycles. The Morgan fingerprint density at radius 1 is 1.41 bits per heavy atom. The summed E-state index contributed by atoms with van der Waals surface area (Å²) in [6, 6.07) is 3.44. The van der Waals surface area contributed by atoms with Crippen molar-refractivity contribution in [3.8, 4) is 0 Å². The first kappa shape index (κ1) is 15.7. The topological polar surface area (TPSA) is 63.3 Å². The number of nitrogens with two attached hydrogens (primary N) is 1. The average Bonchev–Trinajstić information content (AvgIpc) is 2.15. The van der Waals surface area contributed by atoms with E-state index in [-0.39, 0.29) is 18.0 Å². The fourth-order valence-corrected chi connectivity index (χ4v) is 1.25. The molecule has 96 valence electrons. The first-order valence-corrected chi connectivity index (χ1v) is 4.45. The summed E-state index contributed by atoms with van der Waals surface area (Å²) in [5.74, 6) is -1.15. The Hall–Kier alpha value is -1.27. The molecule has 1 aromatic rings. The van der Waals surface area contributed by atoms with E-state index in [4.69, 9.17) is 10.8 Å². The fraction of sp³-hybridized carbons (Fsp3) is 0.300. The minimum Gasteiger partial charge on any atom is -0.481 e. The lowest BCUT2D eigenvalue weighted by Crippen LogP contribution is -2.16. The Morgan fingerprint density at radius 3 is 2.47 bits per heavy atom. The Labute approximate surface area is 102 Å². The van der Waals surface area contributed by atoms with Crippen LogP contribution in [0.3, 0.4) is 0 Å². The number of carbonyl (C=O) groups is 1. The van der Waals surface area contributed by atoms with Crippen molar-refractivity contribution in [2.24, 2.45) is 5.73 Å². The van der Waals surface area contributed by atoms with Gasteiger partial charge in [0.2, 0.25) is 0 Å². The molecule has 0 aromatic heterocycles. The van der Waals surface area contributed by atoms with Crippen LogP contribution in [-0.2, 0) is 11.0 Å². The third kappa shape index (κ3) is 4.62. The second-order valence-electron chi connectivity index (χ2n) is 3.33. The molecule has 0 saturated carbocycles. The van der Waals surface area contributed by atoms with Crippen molar-refractivity contribution < 1.29 is 23.1 Å². The predicted octanol–water partition coefficient (Wildman–Crippen LogP) is 2.60. The van der Waals surface area contributed by atoms with Gasteiger partial charge in [-0.3, -0.25) is 4.79 Å². The Kier molecular flexibility index (Phi) is 5.44. The van der Waals surface area contributed by atoms with Gasteiger partial charge >= 0.3 is 12.1 Å². The van der Waals surface area contributed by atoms with Crippen molar-refractivity contribution in [1.82, 2.24) is 0 Å². The molecule has 0 aliphatic carbocycles. The Morgan fingerprint density at radius 2 is 2.00 bits per heavy atom. The molecule has 7 heteroatoms. The number of alkyl halides is 3. The molecule has 3 nitrogen and oxygen atoms in total. The Balaban J connectivity index is 0.00000256. The third-order valence-electron chi connectivity index (χ3n) is 2.04. The molecule has 3 N–H and O–H groups in total. The molecule has 17 heavy (non-hydrogen) atoms. The van der Waals surface area contributed by atoms with E-state index >= 15 is 0 Å². The van der Waals surface area contributed by atoms with Crippen LogP contribution in [0.5, 0.6) is 0 Å². The smallest absolute Gasteiger partial charge is 0.416 e. The lowest BCUT2D eigenvalue weighted by atomic mass is 10.0. The molecule has 0 unspecified atom stereocenters. The normalized spacial score (nSPS) is 12.7. The average molecular weight is 270 g/mol. The van der Waals surface area contributed by atoms with Gasteiger partial charge in [-0.2, -0.15) is 13.2 Å². The number of hydrogen-bond acceptors (Lipinski definition) is 2. The first-order valence-electron chi connectivity index (χ1n) is 4.45. The maximum atomic E-state index is 12.3. The van der Waals surface area contributed by atoms with Crippen LogP contribution < -0.4 is 5.73 Å². The monoisotopic (exact) mass is 269 g/mol. The van der Waals surface area contributed by atoms with E-state index in [1.807, 2.05) is 0 Å². The maximum Gasteiger partial charge on any atom is 0.416 e. The molecule has 0 bridgehead atoms. The zero-order valence-corrected chi connectivity index (χ0v) is 9.39. The van der Waals surface area contributed by atoms with Crippen LogP contribution in [0.25, 0.3) is 0 Å². The number of aliphatic carboxylic acids is 1. The van der Waals surface area contributed by atoms with Crippen molar-refractivity contribution in [1.29, 1.82) is 0 Å². The molecule has 0 heterocycles. The lowest BCUT2D eigenvalue weighted by molar-refractivity contribution is -0.138. The second-order valence-corrected chi connectivity index (χ2v) is 3.33. The van der Waals surface area contributed by atoms with Gasteiger partial charge in [-0.05, 0) is 17.7 Å². The van der Waals surface area contributed by atoms with Gasteiger partial charge in [-0.15, -0.1) is 12.4 Å². The van der Waals surface area contributed by atoms with Crippen LogP contribution in [0, 0.1) is 0 Å². The van der Waals surface area contributed by atoms with E-state index in [1.54, 1.807) is 0 Å². The molecule has 0 amide bonds. The Bertz CT molecular complexity index is 395. The highest BCUT2D eigenvalue weighted by atomic mass is 35.5. The van der Waals surface area contributed by atoms with Crippen LogP contribution in [-0.4, -0.2) is 11.1 Å². The highest BCUT2D eigenvalue weighted by Gasteiger charge is 2.30. The van der Waals surface area contributed by atoms with Gasteiger partial charge in [0.25, 0.3) is 0 Å². The molecule has 0 aliphatic heterocycles. The summed E-state index contributed by atoms with van der Waals surface area (Å²) >= 11 is 0. The van der Waals surface area contributed by atoms with Gasteiger partial charge in [0.15, 0.2) is 0 Å². The van der Waals surface area contributed by atoms with Crippen LogP contribution in [0.4, 0.5) is 13.2 Å². The van der Waals surface area contributed by atoms with E-state index in [2.05, 4.69) is 0 Å². The van der Waals surface area contributed by atoms with Crippen molar-refractivity contribution in [2.75, 3.05) is 0 Å². The number of carboxylic acid groups (broad SMARTS) is 1. The van der Waals surface area contributed by atoms with Gasteiger partial charge in [0, 0.05) is 6.04 Å². The number of carboxylic acids is 1. The summed E-state index contributed by atoms with van der Waals surface area (Å²) in [7, 11) is 0. The van der Waals surface area contributed by atoms with E-state index < -0.39 is 30.2 Å². The molecule has 1 atom stereocenters. The standard InChI is InChI=1S/C10H10F3NO2.ClH/c11-10(12,13)7-3-1-2-6(4-7)8(14)5-9(15)16;/h1-4,8H,5,14H2,(H,15,16);1H/t8-;/m1./s1. The number of hydrogen-bond donors (Lipinski definition) is 2. The largest absolute Gasteiger partial charge is 0.481 e. The van der Waals surface area contributed by atoms with Crippen LogP contribution >= 0.6 is 12.4 Å². The van der Waals surface area contributed by atoms with Crippen molar-refractivity contribution in [3.05, 3.63) is 35.4 Å².